The molecule has 5 rings (SSSR count). The lowest BCUT2D eigenvalue weighted by molar-refractivity contribution is 0.0536. The second-order valence-electron chi connectivity index (χ2n) is 8.81. The summed E-state index contributed by atoms with van der Waals surface area (Å²) in [6, 6.07) is 19.5. The minimum atomic E-state index is -0.957. The van der Waals surface area contributed by atoms with Gasteiger partial charge in [0, 0.05) is 28.2 Å². The molecule has 2 atom stereocenters. The molecule has 0 saturated carbocycles. The number of H-pyrrole nitrogens is 1. The van der Waals surface area contributed by atoms with E-state index in [1.807, 2.05) is 30.3 Å². The Labute approximate surface area is 219 Å². The molecule has 0 aliphatic carbocycles. The molecule has 3 N–H and O–H groups in total. The molecule has 9 heteroatoms. The topological polar surface area (TPSA) is 104 Å². The minimum Gasteiger partial charge on any atom is -0.497 e. The van der Waals surface area contributed by atoms with Crippen LogP contribution >= 0.6 is 11.6 Å². The molecular formula is C28H27ClN2O6. The Bertz CT molecular complexity index is 1390. The molecule has 0 saturated heterocycles. The fraction of sp³-hybridized carbons (Fsp3) is 0.250. The number of nitrogens with zero attached hydrogens (tertiary/aromatic N) is 1. The van der Waals surface area contributed by atoms with Crippen LogP contribution in [0.3, 0.4) is 0 Å². The molecule has 3 aromatic carbocycles. The van der Waals surface area contributed by atoms with E-state index in [0.717, 1.165) is 27.7 Å². The van der Waals surface area contributed by atoms with Gasteiger partial charge in [0.25, 0.3) is 0 Å². The van der Waals surface area contributed by atoms with Crippen molar-refractivity contribution in [2.24, 2.45) is 0 Å². The van der Waals surface area contributed by atoms with Crippen LogP contribution < -0.4 is 14.2 Å². The summed E-state index contributed by atoms with van der Waals surface area (Å²) in [5.41, 5.74) is 3.82. The average molecular weight is 523 g/mol. The number of aromatic nitrogens is 1. The maximum Gasteiger partial charge on any atom is 0.416 e. The summed E-state index contributed by atoms with van der Waals surface area (Å²) >= 11 is 6.29. The number of carbonyl (C=O) groups excluding carboxylic acids is 1. The molecule has 1 amide bonds. The summed E-state index contributed by atoms with van der Waals surface area (Å²) < 4.78 is 16.5. The highest BCUT2D eigenvalue weighted by atomic mass is 35.5. The first-order valence-electron chi connectivity index (χ1n) is 11.9. The van der Waals surface area contributed by atoms with E-state index in [4.69, 9.17) is 30.9 Å². The van der Waals surface area contributed by atoms with Crippen LogP contribution in [0.25, 0.3) is 10.9 Å². The smallest absolute Gasteiger partial charge is 0.416 e. The van der Waals surface area contributed by atoms with Crippen LogP contribution in [0.5, 0.6) is 17.2 Å². The Hall–Kier alpha value is -3.72. The lowest BCUT2D eigenvalue weighted by Gasteiger charge is -2.35. The Morgan fingerprint density at radius 1 is 1.08 bits per heavy atom. The maximum atomic E-state index is 13.4. The summed E-state index contributed by atoms with van der Waals surface area (Å²) in [6.07, 6.45) is -0.782. The number of hydrogen-bond donors (Lipinski definition) is 3. The van der Waals surface area contributed by atoms with Gasteiger partial charge >= 0.3 is 6.09 Å². The largest absolute Gasteiger partial charge is 0.497 e. The van der Waals surface area contributed by atoms with Crippen molar-refractivity contribution in [2.45, 2.75) is 18.6 Å². The van der Waals surface area contributed by atoms with E-state index in [2.05, 4.69) is 4.98 Å². The number of aromatic amines is 1. The van der Waals surface area contributed by atoms with Gasteiger partial charge in [0.2, 0.25) is 0 Å². The summed E-state index contributed by atoms with van der Waals surface area (Å²) in [5.74, 6) is 1.64. The Kier molecular flexibility index (Phi) is 7.23. The van der Waals surface area contributed by atoms with Crippen molar-refractivity contribution in [3.63, 3.8) is 0 Å². The molecule has 0 spiro atoms. The first-order valence-corrected chi connectivity index (χ1v) is 12.3. The second-order valence-corrected chi connectivity index (χ2v) is 9.25. The lowest BCUT2D eigenvalue weighted by atomic mass is 9.92. The number of methoxy groups -OCH3 is 1. The van der Waals surface area contributed by atoms with Gasteiger partial charge in [-0.1, -0.05) is 23.7 Å². The van der Waals surface area contributed by atoms with Crippen molar-refractivity contribution < 1.29 is 29.2 Å². The normalized spacial score (nSPS) is 15.8. The standard InChI is InChI=1S/C28H27ClN2O6/c1-35-20-7-9-22(10-8-20)37-28(34)31-13-12-23-24-14-18(29)4-11-25(24)30-26(23)27(31)17-2-5-21(6-3-17)36-16-19(33)15-32/h2-11,14,19,27,30,32-33H,12-13,15-16H2,1H3/t19-,27?/m1/s1. The highest BCUT2D eigenvalue weighted by Gasteiger charge is 2.35. The van der Waals surface area contributed by atoms with Crippen molar-refractivity contribution in [2.75, 3.05) is 26.9 Å². The molecule has 4 aromatic rings. The van der Waals surface area contributed by atoms with Crippen molar-refractivity contribution >= 4 is 28.6 Å². The number of carbonyl (C=O) groups is 1. The van der Waals surface area contributed by atoms with E-state index in [1.54, 1.807) is 48.4 Å². The predicted molar refractivity (Wildman–Crippen MR) is 140 cm³/mol. The highest BCUT2D eigenvalue weighted by molar-refractivity contribution is 6.31. The third-order valence-electron chi connectivity index (χ3n) is 6.44. The van der Waals surface area contributed by atoms with Gasteiger partial charge in [-0.05, 0) is 72.1 Å². The number of nitrogens with one attached hydrogen (secondary N) is 1. The molecule has 0 radical (unpaired) electrons. The molecule has 2 heterocycles. The average Bonchev–Trinajstić information content (AvgIpc) is 3.29. The van der Waals surface area contributed by atoms with Gasteiger partial charge in [-0.15, -0.1) is 0 Å². The fourth-order valence-electron chi connectivity index (χ4n) is 4.60. The second kappa shape index (κ2) is 10.7. The van der Waals surface area contributed by atoms with Crippen LogP contribution in [-0.4, -0.2) is 59.2 Å². The van der Waals surface area contributed by atoms with Gasteiger partial charge in [-0.3, -0.25) is 4.90 Å². The van der Waals surface area contributed by atoms with Crippen molar-refractivity contribution in [3.8, 4) is 17.2 Å². The summed E-state index contributed by atoms with van der Waals surface area (Å²) in [5, 5.41) is 20.3. The summed E-state index contributed by atoms with van der Waals surface area (Å²) in [4.78, 5) is 18.6. The minimum absolute atomic E-state index is 0.0213. The Morgan fingerprint density at radius 2 is 1.78 bits per heavy atom. The zero-order valence-electron chi connectivity index (χ0n) is 20.2. The van der Waals surface area contributed by atoms with E-state index >= 15 is 0 Å². The van der Waals surface area contributed by atoms with Crippen molar-refractivity contribution in [3.05, 3.63) is 88.6 Å². The molecule has 1 aliphatic rings. The van der Waals surface area contributed by atoms with Crippen molar-refractivity contribution in [1.29, 1.82) is 0 Å². The van der Waals surface area contributed by atoms with Gasteiger partial charge in [-0.2, -0.15) is 0 Å². The van der Waals surface area contributed by atoms with Crippen LogP contribution in [0, 0.1) is 0 Å². The van der Waals surface area contributed by atoms with Crippen molar-refractivity contribution in [1.82, 2.24) is 9.88 Å². The molecule has 192 valence electrons. The molecule has 0 bridgehead atoms. The number of aliphatic hydroxyl groups is 2. The monoisotopic (exact) mass is 522 g/mol. The molecule has 1 unspecified atom stereocenters. The van der Waals surface area contributed by atoms with E-state index in [1.165, 1.54) is 0 Å². The lowest BCUT2D eigenvalue weighted by Crippen LogP contribution is -2.42. The molecule has 1 aromatic heterocycles. The van der Waals surface area contributed by atoms with Gasteiger partial charge in [0.1, 0.15) is 36.0 Å². The van der Waals surface area contributed by atoms with Crippen LogP contribution in [0.15, 0.2) is 66.7 Å². The number of rotatable bonds is 7. The van der Waals surface area contributed by atoms with Crippen LogP contribution in [0.4, 0.5) is 4.79 Å². The third-order valence-corrected chi connectivity index (χ3v) is 6.67. The molecular weight excluding hydrogens is 496 g/mol. The summed E-state index contributed by atoms with van der Waals surface area (Å²) in [7, 11) is 1.58. The number of halogens is 1. The molecule has 1 aliphatic heterocycles. The fourth-order valence-corrected chi connectivity index (χ4v) is 4.77. The molecule has 8 nitrogen and oxygen atoms in total. The van der Waals surface area contributed by atoms with E-state index in [0.29, 0.717) is 35.2 Å². The SMILES string of the molecule is COc1ccc(OC(=O)N2CCc3c([nH]c4ccc(Cl)cc34)C2c2ccc(OC[C@H](O)CO)cc2)cc1. The van der Waals surface area contributed by atoms with E-state index < -0.39 is 18.2 Å². The Balaban J connectivity index is 1.48. The zero-order chi connectivity index (χ0) is 25.9. The number of fused-ring (bicyclic) bond motifs is 3. The van der Waals surface area contributed by atoms with Gasteiger partial charge < -0.3 is 29.4 Å². The molecule has 37 heavy (non-hydrogen) atoms. The first-order chi connectivity index (χ1) is 18.0. The first kappa shape index (κ1) is 25.0. The quantitative estimate of drug-likeness (QED) is 0.325. The van der Waals surface area contributed by atoms with Crippen LogP contribution in [0.2, 0.25) is 5.02 Å². The zero-order valence-corrected chi connectivity index (χ0v) is 20.9. The molecule has 0 fully saturated rings. The van der Waals surface area contributed by atoms with Gasteiger partial charge in [0.15, 0.2) is 0 Å². The summed E-state index contributed by atoms with van der Waals surface area (Å²) in [6.45, 7) is 0.0537. The van der Waals surface area contributed by atoms with Crippen LogP contribution in [-0.2, 0) is 6.42 Å². The van der Waals surface area contributed by atoms with Gasteiger partial charge in [0.05, 0.1) is 13.7 Å². The highest BCUT2D eigenvalue weighted by Crippen LogP contribution is 2.40. The predicted octanol–water partition coefficient (Wildman–Crippen LogP) is 4.71. The Morgan fingerprint density at radius 3 is 2.49 bits per heavy atom. The number of aliphatic hydroxyl groups excluding tert-OH is 2. The number of hydrogen-bond acceptors (Lipinski definition) is 6. The maximum absolute atomic E-state index is 13.4. The number of amides is 1. The van der Waals surface area contributed by atoms with Crippen LogP contribution in [0.1, 0.15) is 22.9 Å². The van der Waals surface area contributed by atoms with E-state index in [-0.39, 0.29) is 13.2 Å². The number of benzene rings is 3. The number of ether oxygens (including phenoxy) is 3. The van der Waals surface area contributed by atoms with Gasteiger partial charge in [-0.25, -0.2) is 4.79 Å². The van der Waals surface area contributed by atoms with E-state index in [9.17, 15) is 9.90 Å². The third kappa shape index (κ3) is 5.22.